The Hall–Kier alpha value is -0.830. The summed E-state index contributed by atoms with van der Waals surface area (Å²) < 4.78 is 10.6. The molecule has 0 N–H and O–H groups in total. The second kappa shape index (κ2) is 5.81. The predicted octanol–water partition coefficient (Wildman–Crippen LogP) is 2.31. The van der Waals surface area contributed by atoms with E-state index in [0.29, 0.717) is 6.61 Å². The van der Waals surface area contributed by atoms with Crippen LogP contribution in [0.25, 0.3) is 0 Å². The van der Waals surface area contributed by atoms with Gasteiger partial charge in [0.2, 0.25) is 0 Å². The van der Waals surface area contributed by atoms with E-state index >= 15 is 0 Å². The van der Waals surface area contributed by atoms with E-state index in [1.165, 1.54) is 0 Å². The van der Waals surface area contributed by atoms with Crippen molar-refractivity contribution < 1.29 is 14.3 Å². The van der Waals surface area contributed by atoms with E-state index in [0.717, 1.165) is 12.5 Å². The van der Waals surface area contributed by atoms with Gasteiger partial charge in [-0.3, -0.25) is 0 Å². The van der Waals surface area contributed by atoms with Crippen LogP contribution in [0.4, 0.5) is 0 Å². The number of carbonyl (C=O) groups is 1. The molecule has 1 atom stereocenters. The molecule has 0 aromatic heterocycles. The first kappa shape index (κ1) is 13.2. The van der Waals surface area contributed by atoms with E-state index in [1.807, 2.05) is 27.7 Å². The van der Waals surface area contributed by atoms with Crippen molar-refractivity contribution in [3.63, 3.8) is 0 Å². The molecule has 82 valence electrons. The van der Waals surface area contributed by atoms with Gasteiger partial charge < -0.3 is 9.47 Å². The Bertz CT molecular complexity index is 191. The summed E-state index contributed by atoms with van der Waals surface area (Å²) in [6, 6.07) is 0. The molecule has 0 bridgehead atoms. The Kier molecular flexibility index (Phi) is 5.46. The van der Waals surface area contributed by atoms with E-state index in [-0.39, 0.29) is 11.7 Å². The van der Waals surface area contributed by atoms with Crippen molar-refractivity contribution in [2.75, 3.05) is 6.61 Å². The van der Waals surface area contributed by atoms with Crippen LogP contribution in [0.15, 0.2) is 12.7 Å². The molecule has 0 spiro atoms. The molecule has 0 heterocycles. The molecule has 14 heavy (non-hydrogen) atoms. The Morgan fingerprint density at radius 3 is 2.43 bits per heavy atom. The van der Waals surface area contributed by atoms with Gasteiger partial charge in [0.15, 0.2) is 0 Å². The monoisotopic (exact) mass is 200 g/mol. The zero-order valence-electron chi connectivity index (χ0n) is 9.50. The largest absolute Gasteiger partial charge is 0.460 e. The fraction of sp³-hybridized carbons (Fsp3) is 0.727. The zero-order chi connectivity index (χ0) is 11.2. The number of ether oxygens (including phenoxy) is 2. The third-order valence-corrected chi connectivity index (χ3v) is 1.55. The molecule has 0 amide bonds. The minimum Gasteiger partial charge on any atom is -0.460 e. The number of hydrogen-bond donors (Lipinski definition) is 0. The van der Waals surface area contributed by atoms with Crippen molar-refractivity contribution in [3.8, 4) is 0 Å². The van der Waals surface area contributed by atoms with Gasteiger partial charge in [-0.2, -0.15) is 0 Å². The zero-order valence-corrected chi connectivity index (χ0v) is 9.50. The molecule has 0 aliphatic carbocycles. The molecule has 0 rings (SSSR count). The molecule has 0 radical (unpaired) electrons. The number of hydrogen-bond acceptors (Lipinski definition) is 3. The van der Waals surface area contributed by atoms with E-state index in [1.54, 1.807) is 0 Å². The van der Waals surface area contributed by atoms with Gasteiger partial charge in [-0.15, -0.1) is 0 Å². The maximum Gasteiger partial charge on any atom is 0.330 e. The summed E-state index contributed by atoms with van der Waals surface area (Å²) in [6.07, 6.45) is 1.93. The third kappa shape index (κ3) is 6.66. The molecule has 0 saturated heterocycles. The summed E-state index contributed by atoms with van der Waals surface area (Å²) in [4.78, 5) is 10.8. The summed E-state index contributed by atoms with van der Waals surface area (Å²) in [6.45, 7) is 11.5. The maximum atomic E-state index is 10.8. The Labute approximate surface area is 86.1 Å². The van der Waals surface area contributed by atoms with Crippen LogP contribution in [0.3, 0.4) is 0 Å². The number of esters is 1. The highest BCUT2D eigenvalue weighted by Gasteiger charge is 2.18. The first-order chi connectivity index (χ1) is 6.39. The molecular formula is C11H20O3. The summed E-state index contributed by atoms with van der Waals surface area (Å²) in [5.41, 5.74) is -0.207. The molecule has 3 nitrogen and oxygen atoms in total. The van der Waals surface area contributed by atoms with Crippen LogP contribution in [0.5, 0.6) is 0 Å². The van der Waals surface area contributed by atoms with Crippen LogP contribution in [0, 0.1) is 0 Å². The topological polar surface area (TPSA) is 35.5 Å². The molecule has 3 heteroatoms. The smallest absolute Gasteiger partial charge is 0.330 e. The quantitative estimate of drug-likeness (QED) is 0.504. The molecule has 0 aliphatic heterocycles. The Morgan fingerprint density at radius 1 is 1.50 bits per heavy atom. The highest BCUT2D eigenvalue weighted by molar-refractivity contribution is 5.81. The van der Waals surface area contributed by atoms with Gasteiger partial charge in [0.25, 0.3) is 0 Å². The maximum absolute atomic E-state index is 10.8. The second-order valence-electron chi connectivity index (χ2n) is 4.09. The van der Waals surface area contributed by atoms with E-state index in [9.17, 15) is 4.79 Å². The average molecular weight is 200 g/mol. The van der Waals surface area contributed by atoms with Crippen molar-refractivity contribution >= 4 is 5.97 Å². The number of carbonyl (C=O) groups excluding carboxylic acids is 1. The summed E-state index contributed by atoms with van der Waals surface area (Å²) in [5.74, 6) is -0.402. The first-order valence-corrected chi connectivity index (χ1v) is 4.86. The lowest BCUT2D eigenvalue weighted by Crippen LogP contribution is -2.30. The molecule has 0 fully saturated rings. The SMILES string of the molecule is C=CC(=O)OCC(CC)OC(C)(C)C. The molecule has 0 aromatic carbocycles. The van der Waals surface area contributed by atoms with Crippen LogP contribution >= 0.6 is 0 Å². The highest BCUT2D eigenvalue weighted by atomic mass is 16.6. The van der Waals surface area contributed by atoms with Crippen LogP contribution in [-0.4, -0.2) is 24.3 Å². The highest BCUT2D eigenvalue weighted by Crippen LogP contribution is 2.13. The lowest BCUT2D eigenvalue weighted by atomic mass is 10.1. The van der Waals surface area contributed by atoms with Gasteiger partial charge >= 0.3 is 5.97 Å². The van der Waals surface area contributed by atoms with E-state index < -0.39 is 5.97 Å². The van der Waals surface area contributed by atoms with Crippen LogP contribution in [0.2, 0.25) is 0 Å². The first-order valence-electron chi connectivity index (χ1n) is 4.86. The lowest BCUT2D eigenvalue weighted by Gasteiger charge is -2.26. The second-order valence-corrected chi connectivity index (χ2v) is 4.09. The average Bonchev–Trinajstić information content (AvgIpc) is 2.09. The van der Waals surface area contributed by atoms with Gasteiger partial charge in [-0.1, -0.05) is 13.5 Å². The van der Waals surface area contributed by atoms with Gasteiger partial charge in [-0.05, 0) is 27.2 Å². The van der Waals surface area contributed by atoms with E-state index in [4.69, 9.17) is 9.47 Å². The minimum atomic E-state index is -0.402. The van der Waals surface area contributed by atoms with Gasteiger partial charge in [0.1, 0.15) is 6.61 Å². The van der Waals surface area contributed by atoms with Crippen LogP contribution in [0.1, 0.15) is 34.1 Å². The molecule has 1 unspecified atom stereocenters. The van der Waals surface area contributed by atoms with Gasteiger partial charge in [-0.25, -0.2) is 4.79 Å². The van der Waals surface area contributed by atoms with Crippen molar-refractivity contribution in [3.05, 3.63) is 12.7 Å². The molecule has 0 aliphatic rings. The van der Waals surface area contributed by atoms with Crippen LogP contribution < -0.4 is 0 Å². The lowest BCUT2D eigenvalue weighted by molar-refractivity contribution is -0.147. The Morgan fingerprint density at radius 2 is 2.07 bits per heavy atom. The Balaban J connectivity index is 3.91. The van der Waals surface area contributed by atoms with Crippen molar-refractivity contribution in [1.29, 1.82) is 0 Å². The fourth-order valence-corrected chi connectivity index (χ4v) is 0.969. The van der Waals surface area contributed by atoms with Gasteiger partial charge in [0, 0.05) is 6.08 Å². The molecule has 0 saturated carbocycles. The van der Waals surface area contributed by atoms with Crippen molar-refractivity contribution in [2.45, 2.75) is 45.8 Å². The summed E-state index contributed by atoms with van der Waals surface area (Å²) in [7, 11) is 0. The normalized spacial score (nSPS) is 13.4. The number of rotatable bonds is 5. The molecule has 0 aromatic rings. The standard InChI is InChI=1S/C11H20O3/c1-6-9(14-11(3,4)5)8-13-10(12)7-2/h7,9H,2,6,8H2,1,3-5H3. The summed E-state index contributed by atoms with van der Waals surface area (Å²) >= 11 is 0. The molecular weight excluding hydrogens is 180 g/mol. The van der Waals surface area contributed by atoms with Gasteiger partial charge in [0.05, 0.1) is 11.7 Å². The van der Waals surface area contributed by atoms with Crippen molar-refractivity contribution in [2.24, 2.45) is 0 Å². The van der Waals surface area contributed by atoms with Crippen molar-refractivity contribution in [1.82, 2.24) is 0 Å². The predicted molar refractivity (Wildman–Crippen MR) is 56.1 cm³/mol. The van der Waals surface area contributed by atoms with E-state index in [2.05, 4.69) is 6.58 Å². The third-order valence-electron chi connectivity index (χ3n) is 1.55. The fourth-order valence-electron chi connectivity index (χ4n) is 0.969. The summed E-state index contributed by atoms with van der Waals surface area (Å²) in [5, 5.41) is 0. The minimum absolute atomic E-state index is 0.0427. The van der Waals surface area contributed by atoms with Crippen LogP contribution in [-0.2, 0) is 14.3 Å².